The van der Waals surface area contributed by atoms with Gasteiger partial charge in [0, 0.05) is 50.7 Å². The van der Waals surface area contributed by atoms with Crippen molar-refractivity contribution in [1.29, 1.82) is 0 Å². The molecule has 6 heteroatoms. The Morgan fingerprint density at radius 1 is 1.15 bits per heavy atom. The third-order valence-corrected chi connectivity index (χ3v) is 6.41. The van der Waals surface area contributed by atoms with E-state index >= 15 is 0 Å². The Bertz CT molecular complexity index is 629. The highest BCUT2D eigenvalue weighted by molar-refractivity contribution is 5.84. The summed E-state index contributed by atoms with van der Waals surface area (Å²) < 4.78 is 5.06. The summed E-state index contributed by atoms with van der Waals surface area (Å²) in [6.45, 7) is 4.11. The number of rotatable bonds is 5. The van der Waals surface area contributed by atoms with Gasteiger partial charge in [-0.1, -0.05) is 12.8 Å². The van der Waals surface area contributed by atoms with Crippen LogP contribution in [0.5, 0.6) is 0 Å². The number of hydrogen-bond donors (Lipinski definition) is 0. The van der Waals surface area contributed by atoms with Gasteiger partial charge in [-0.05, 0) is 38.6 Å². The van der Waals surface area contributed by atoms with Gasteiger partial charge in [-0.15, -0.1) is 0 Å². The van der Waals surface area contributed by atoms with Crippen molar-refractivity contribution in [2.75, 3.05) is 26.7 Å². The predicted octanol–water partition coefficient (Wildman–Crippen LogP) is 2.38. The van der Waals surface area contributed by atoms with Crippen LogP contribution in [0.3, 0.4) is 0 Å². The van der Waals surface area contributed by atoms with Crippen LogP contribution in [-0.2, 0) is 22.7 Å². The highest BCUT2D eigenvalue weighted by Gasteiger charge is 2.49. The Kier molecular flexibility index (Phi) is 5.23. The van der Waals surface area contributed by atoms with E-state index in [0.29, 0.717) is 24.4 Å². The van der Waals surface area contributed by atoms with Gasteiger partial charge in [-0.3, -0.25) is 9.69 Å². The van der Waals surface area contributed by atoms with Crippen molar-refractivity contribution < 1.29 is 9.53 Å². The molecule has 0 radical (unpaired) electrons. The van der Waals surface area contributed by atoms with Gasteiger partial charge in [0.1, 0.15) is 6.61 Å². The minimum atomic E-state index is -0.141. The molecule has 1 atom stereocenters. The minimum absolute atomic E-state index is 0.141. The zero-order valence-corrected chi connectivity index (χ0v) is 15.8. The fourth-order valence-electron chi connectivity index (χ4n) is 5.06. The molecule has 2 saturated heterocycles. The lowest BCUT2D eigenvalue weighted by molar-refractivity contribution is -0.148. The molecule has 3 fully saturated rings. The maximum atomic E-state index is 13.3. The zero-order valence-electron chi connectivity index (χ0n) is 15.8. The van der Waals surface area contributed by atoms with Crippen LogP contribution in [0.2, 0.25) is 0 Å². The SMILES string of the molecule is COCc1ncc(CN2CCC3(CCCN(C4CCCC4)C3=O)C2)cn1. The first-order valence-electron chi connectivity index (χ1n) is 10.0. The summed E-state index contributed by atoms with van der Waals surface area (Å²) in [5.74, 6) is 1.15. The van der Waals surface area contributed by atoms with E-state index in [1.807, 2.05) is 12.4 Å². The lowest BCUT2D eigenvalue weighted by atomic mass is 9.77. The summed E-state index contributed by atoms with van der Waals surface area (Å²) in [5, 5.41) is 0. The van der Waals surface area contributed by atoms with E-state index in [1.54, 1.807) is 7.11 Å². The van der Waals surface area contributed by atoms with Crippen molar-refractivity contribution in [2.45, 2.75) is 64.1 Å². The average molecular weight is 358 g/mol. The molecule has 0 aromatic carbocycles. The molecule has 1 unspecified atom stereocenters. The highest BCUT2D eigenvalue weighted by atomic mass is 16.5. The molecule has 26 heavy (non-hydrogen) atoms. The van der Waals surface area contributed by atoms with E-state index in [1.165, 1.54) is 25.7 Å². The van der Waals surface area contributed by atoms with Gasteiger partial charge in [-0.25, -0.2) is 9.97 Å². The fraction of sp³-hybridized carbons (Fsp3) is 0.750. The van der Waals surface area contributed by atoms with Crippen LogP contribution in [0.4, 0.5) is 0 Å². The molecule has 1 aromatic rings. The largest absolute Gasteiger partial charge is 0.377 e. The van der Waals surface area contributed by atoms with E-state index in [9.17, 15) is 4.79 Å². The molecule has 0 bridgehead atoms. The molecule has 1 aromatic heterocycles. The molecule has 0 N–H and O–H groups in total. The number of carbonyl (C=O) groups is 1. The molecule has 1 saturated carbocycles. The van der Waals surface area contributed by atoms with Crippen molar-refractivity contribution in [1.82, 2.24) is 19.8 Å². The molecule has 1 amide bonds. The topological polar surface area (TPSA) is 58.6 Å². The maximum Gasteiger partial charge on any atom is 0.230 e. The average Bonchev–Trinajstić information content (AvgIpc) is 3.31. The standard InChI is InChI=1S/C20H30N4O2/c1-26-14-18-21-11-16(12-22-18)13-23-10-8-20(15-23)7-4-9-24(19(20)25)17-5-2-3-6-17/h11-12,17H,2-10,13-15H2,1H3. The van der Waals surface area contributed by atoms with Crippen LogP contribution in [0.25, 0.3) is 0 Å². The van der Waals surface area contributed by atoms with Crippen molar-refractivity contribution in [2.24, 2.45) is 5.41 Å². The van der Waals surface area contributed by atoms with Crippen molar-refractivity contribution >= 4 is 5.91 Å². The zero-order chi connectivity index (χ0) is 18.0. The van der Waals surface area contributed by atoms with E-state index < -0.39 is 0 Å². The van der Waals surface area contributed by atoms with Crippen LogP contribution >= 0.6 is 0 Å². The van der Waals surface area contributed by atoms with Gasteiger partial charge in [-0.2, -0.15) is 0 Å². The number of likely N-dealkylation sites (tertiary alicyclic amines) is 2. The number of methoxy groups -OCH3 is 1. The Morgan fingerprint density at radius 2 is 1.92 bits per heavy atom. The third-order valence-electron chi connectivity index (χ3n) is 6.41. The lowest BCUT2D eigenvalue weighted by Crippen LogP contribution is -2.53. The molecule has 1 spiro atoms. The Hall–Kier alpha value is -1.53. The molecule has 3 aliphatic rings. The molecular formula is C20H30N4O2. The normalized spacial score (nSPS) is 27.7. The summed E-state index contributed by atoms with van der Waals surface area (Å²) in [5.41, 5.74) is 0.968. The van der Waals surface area contributed by atoms with E-state index in [-0.39, 0.29) is 5.41 Å². The molecule has 4 rings (SSSR count). The number of aromatic nitrogens is 2. The first-order valence-corrected chi connectivity index (χ1v) is 10.0. The Morgan fingerprint density at radius 3 is 2.65 bits per heavy atom. The molecule has 3 heterocycles. The van der Waals surface area contributed by atoms with E-state index in [0.717, 1.165) is 51.0 Å². The molecule has 6 nitrogen and oxygen atoms in total. The first kappa shape index (κ1) is 17.9. The number of nitrogens with zero attached hydrogens (tertiary/aromatic N) is 4. The summed E-state index contributed by atoms with van der Waals surface area (Å²) in [7, 11) is 1.65. The van der Waals surface area contributed by atoms with Crippen LogP contribution in [0.15, 0.2) is 12.4 Å². The monoisotopic (exact) mass is 358 g/mol. The van der Waals surface area contributed by atoms with Gasteiger partial charge >= 0.3 is 0 Å². The molecule has 142 valence electrons. The van der Waals surface area contributed by atoms with Gasteiger partial charge in [0.2, 0.25) is 5.91 Å². The summed E-state index contributed by atoms with van der Waals surface area (Å²) in [6.07, 6.45) is 12.0. The van der Waals surface area contributed by atoms with E-state index in [2.05, 4.69) is 19.8 Å². The van der Waals surface area contributed by atoms with Gasteiger partial charge in [0.15, 0.2) is 5.82 Å². The van der Waals surface area contributed by atoms with Gasteiger partial charge in [0.25, 0.3) is 0 Å². The predicted molar refractivity (Wildman–Crippen MR) is 98.3 cm³/mol. The second-order valence-electron chi connectivity index (χ2n) is 8.22. The number of carbonyl (C=O) groups excluding carboxylic acids is 1. The second kappa shape index (κ2) is 7.61. The molecule has 2 aliphatic heterocycles. The minimum Gasteiger partial charge on any atom is -0.377 e. The smallest absolute Gasteiger partial charge is 0.230 e. The summed E-state index contributed by atoms with van der Waals surface area (Å²) >= 11 is 0. The summed E-state index contributed by atoms with van der Waals surface area (Å²) in [6, 6.07) is 0.510. The number of piperidine rings is 1. The highest BCUT2D eigenvalue weighted by Crippen LogP contribution is 2.42. The number of ether oxygens (including phenoxy) is 1. The van der Waals surface area contributed by atoms with E-state index in [4.69, 9.17) is 4.74 Å². The molecular weight excluding hydrogens is 328 g/mol. The lowest BCUT2D eigenvalue weighted by Gasteiger charge is -2.42. The number of hydrogen-bond acceptors (Lipinski definition) is 5. The quantitative estimate of drug-likeness (QED) is 0.809. The van der Waals surface area contributed by atoms with Gasteiger partial charge in [0.05, 0.1) is 5.41 Å². The second-order valence-corrected chi connectivity index (χ2v) is 8.22. The van der Waals surface area contributed by atoms with Crippen molar-refractivity contribution in [3.05, 3.63) is 23.8 Å². The fourth-order valence-corrected chi connectivity index (χ4v) is 5.06. The van der Waals surface area contributed by atoms with Crippen LogP contribution in [0, 0.1) is 5.41 Å². The molecule has 1 aliphatic carbocycles. The van der Waals surface area contributed by atoms with Gasteiger partial charge < -0.3 is 9.64 Å². The first-order chi connectivity index (χ1) is 12.7. The Balaban J connectivity index is 1.39. The Labute approximate surface area is 155 Å². The number of amides is 1. The van der Waals surface area contributed by atoms with Crippen LogP contribution in [-0.4, -0.2) is 58.5 Å². The third kappa shape index (κ3) is 3.49. The van der Waals surface area contributed by atoms with Crippen LogP contribution < -0.4 is 0 Å². The van der Waals surface area contributed by atoms with Crippen LogP contribution in [0.1, 0.15) is 56.3 Å². The van der Waals surface area contributed by atoms with Crippen molar-refractivity contribution in [3.63, 3.8) is 0 Å². The van der Waals surface area contributed by atoms with Crippen molar-refractivity contribution in [3.8, 4) is 0 Å². The summed E-state index contributed by atoms with van der Waals surface area (Å²) in [4.78, 5) is 26.7. The maximum absolute atomic E-state index is 13.3.